The molecule has 0 heterocycles. The lowest BCUT2D eigenvalue weighted by Crippen LogP contribution is -2.21. The monoisotopic (exact) mass is 473 g/mol. The molecule has 0 aliphatic heterocycles. The van der Waals surface area contributed by atoms with Crippen molar-refractivity contribution in [1.29, 1.82) is 0 Å². The number of aryl methyl sites for hydroxylation is 1. The van der Waals surface area contributed by atoms with Crippen LogP contribution in [-0.2, 0) is 14.3 Å². The smallest absolute Gasteiger partial charge is 0.306 e. The molecule has 0 fully saturated rings. The van der Waals surface area contributed by atoms with Crippen molar-refractivity contribution in [2.75, 3.05) is 18.5 Å². The molecule has 1 amide bonds. The zero-order valence-corrected chi connectivity index (χ0v) is 17.7. The minimum atomic E-state index is -0.469. The Hall–Kier alpha value is -1.76. The molecule has 0 radical (unpaired) electrons. The van der Waals surface area contributed by atoms with Crippen molar-refractivity contribution in [3.8, 4) is 5.75 Å². The highest BCUT2D eigenvalue weighted by Gasteiger charge is 2.10. The molecule has 8 heteroatoms. The van der Waals surface area contributed by atoms with Gasteiger partial charge in [-0.25, -0.2) is 0 Å². The zero-order valence-electron chi connectivity index (χ0n) is 14.6. The minimum Gasteiger partial charge on any atom is -0.492 e. The molecule has 5 nitrogen and oxygen atoms in total. The van der Waals surface area contributed by atoms with Crippen LogP contribution in [-0.4, -0.2) is 25.1 Å². The lowest BCUT2D eigenvalue weighted by molar-refractivity contribution is -0.147. The molecule has 2 rings (SSSR count). The van der Waals surface area contributed by atoms with Crippen LogP contribution in [0.3, 0.4) is 0 Å². The summed E-state index contributed by atoms with van der Waals surface area (Å²) in [6.07, 6.45) is 0.570. The maximum Gasteiger partial charge on any atom is 0.306 e. The lowest BCUT2D eigenvalue weighted by Gasteiger charge is -2.10. The number of hydrogen-bond donors (Lipinski definition) is 1. The summed E-state index contributed by atoms with van der Waals surface area (Å²) >= 11 is 15.2. The van der Waals surface area contributed by atoms with Gasteiger partial charge in [-0.3, -0.25) is 9.59 Å². The van der Waals surface area contributed by atoms with E-state index >= 15 is 0 Å². The molecule has 1 N–H and O–H groups in total. The summed E-state index contributed by atoms with van der Waals surface area (Å²) in [7, 11) is 0. The van der Waals surface area contributed by atoms with Crippen LogP contribution in [0.15, 0.2) is 40.9 Å². The first kappa shape index (κ1) is 21.5. The Balaban J connectivity index is 1.66. The highest BCUT2D eigenvalue weighted by Crippen LogP contribution is 2.27. The molecule has 0 bridgehead atoms. The van der Waals surface area contributed by atoms with Crippen molar-refractivity contribution in [3.63, 3.8) is 0 Å². The minimum absolute atomic E-state index is 0.135. The van der Waals surface area contributed by atoms with Crippen molar-refractivity contribution in [2.24, 2.45) is 0 Å². The molecular formula is C19H18BrCl2NO4. The van der Waals surface area contributed by atoms with Gasteiger partial charge in [0, 0.05) is 21.6 Å². The Morgan fingerprint density at radius 3 is 2.63 bits per heavy atom. The van der Waals surface area contributed by atoms with E-state index in [2.05, 4.69) is 21.2 Å². The third-order valence-electron chi connectivity index (χ3n) is 3.50. The molecule has 0 aromatic heterocycles. The van der Waals surface area contributed by atoms with Gasteiger partial charge < -0.3 is 14.8 Å². The summed E-state index contributed by atoms with van der Waals surface area (Å²) in [5.74, 6) is -0.361. The molecule has 0 unspecified atom stereocenters. The highest BCUT2D eigenvalue weighted by atomic mass is 79.9. The van der Waals surface area contributed by atoms with Crippen LogP contribution in [0.2, 0.25) is 10.0 Å². The Morgan fingerprint density at radius 1 is 1.15 bits per heavy atom. The number of carbonyl (C=O) groups is 2. The van der Waals surface area contributed by atoms with E-state index in [1.54, 1.807) is 24.3 Å². The number of amides is 1. The molecule has 0 spiro atoms. The molecule has 2 aromatic carbocycles. The molecule has 144 valence electrons. The Morgan fingerprint density at radius 2 is 1.93 bits per heavy atom. The van der Waals surface area contributed by atoms with Gasteiger partial charge in [-0.2, -0.15) is 0 Å². The van der Waals surface area contributed by atoms with Crippen LogP contribution in [0, 0.1) is 6.92 Å². The van der Waals surface area contributed by atoms with Gasteiger partial charge in [0.1, 0.15) is 5.75 Å². The van der Waals surface area contributed by atoms with Crippen molar-refractivity contribution in [2.45, 2.75) is 19.8 Å². The number of hydrogen-bond acceptors (Lipinski definition) is 4. The normalized spacial score (nSPS) is 10.4. The molecule has 0 atom stereocenters. The van der Waals surface area contributed by atoms with E-state index in [9.17, 15) is 9.59 Å². The van der Waals surface area contributed by atoms with E-state index in [4.69, 9.17) is 32.7 Å². The number of benzene rings is 2. The van der Waals surface area contributed by atoms with Crippen LogP contribution in [0.4, 0.5) is 5.69 Å². The predicted molar refractivity (Wildman–Crippen MR) is 110 cm³/mol. The second-order valence-electron chi connectivity index (χ2n) is 5.69. The quantitative estimate of drug-likeness (QED) is 0.410. The van der Waals surface area contributed by atoms with E-state index in [-0.39, 0.29) is 13.0 Å². The second-order valence-corrected chi connectivity index (χ2v) is 7.45. The summed E-state index contributed by atoms with van der Waals surface area (Å²) < 4.78 is 11.4. The summed E-state index contributed by atoms with van der Waals surface area (Å²) in [4.78, 5) is 23.6. The number of carbonyl (C=O) groups excluding carboxylic acids is 2. The van der Waals surface area contributed by atoms with E-state index < -0.39 is 11.9 Å². The topological polar surface area (TPSA) is 64.6 Å². The van der Waals surface area contributed by atoms with Gasteiger partial charge in [-0.15, -0.1) is 0 Å². The number of esters is 1. The summed E-state index contributed by atoms with van der Waals surface area (Å²) in [5, 5.41) is 3.63. The first-order valence-electron chi connectivity index (χ1n) is 8.14. The number of nitrogens with one attached hydrogen (secondary N) is 1. The Labute approximate surface area is 176 Å². The van der Waals surface area contributed by atoms with E-state index in [1.807, 2.05) is 19.1 Å². The fraction of sp³-hybridized carbons (Fsp3) is 0.263. The second kappa shape index (κ2) is 10.5. The Bertz CT molecular complexity index is 829. The molecule has 0 aliphatic carbocycles. The fourth-order valence-corrected chi connectivity index (χ4v) is 3.10. The first-order valence-corrected chi connectivity index (χ1v) is 9.69. The third kappa shape index (κ3) is 7.40. The highest BCUT2D eigenvalue weighted by molar-refractivity contribution is 9.10. The Kier molecular flexibility index (Phi) is 8.41. The van der Waals surface area contributed by atoms with E-state index in [0.717, 1.165) is 10.0 Å². The lowest BCUT2D eigenvalue weighted by atomic mass is 10.2. The summed E-state index contributed by atoms with van der Waals surface area (Å²) in [6, 6.07) is 10.4. The number of ether oxygens (including phenoxy) is 2. The summed E-state index contributed by atoms with van der Waals surface area (Å²) in [6.45, 7) is 1.83. The number of anilines is 1. The molecule has 27 heavy (non-hydrogen) atoms. The number of rotatable bonds is 8. The van der Waals surface area contributed by atoms with Crippen molar-refractivity contribution in [3.05, 3.63) is 56.5 Å². The fourth-order valence-electron chi connectivity index (χ4n) is 2.16. The summed E-state index contributed by atoms with van der Waals surface area (Å²) in [5.41, 5.74) is 1.58. The maximum absolute atomic E-state index is 11.9. The average Bonchev–Trinajstić information content (AvgIpc) is 2.61. The SMILES string of the molecule is Cc1cc(Br)ccc1NC(=O)COC(=O)CCCOc1ccc(Cl)cc1Cl. The zero-order chi connectivity index (χ0) is 19.8. The van der Waals surface area contributed by atoms with Gasteiger partial charge in [-0.05, 0) is 55.3 Å². The van der Waals surface area contributed by atoms with Gasteiger partial charge in [0.15, 0.2) is 6.61 Å². The van der Waals surface area contributed by atoms with Crippen molar-refractivity contribution in [1.82, 2.24) is 0 Å². The molecule has 0 saturated carbocycles. The van der Waals surface area contributed by atoms with Gasteiger partial charge in [0.25, 0.3) is 5.91 Å². The standard InChI is InChI=1S/C19H18BrCl2NO4/c1-12-9-13(20)4-6-16(12)23-18(24)11-27-19(25)3-2-8-26-17-7-5-14(21)10-15(17)22/h4-7,9-10H,2-3,8,11H2,1H3,(H,23,24). The van der Waals surface area contributed by atoms with Crippen molar-refractivity contribution < 1.29 is 19.1 Å². The largest absolute Gasteiger partial charge is 0.492 e. The van der Waals surface area contributed by atoms with Crippen LogP contribution in [0.25, 0.3) is 0 Å². The van der Waals surface area contributed by atoms with E-state index in [0.29, 0.717) is 34.5 Å². The molecule has 0 saturated heterocycles. The van der Waals surface area contributed by atoms with Crippen LogP contribution in [0.5, 0.6) is 5.75 Å². The molecule has 0 aliphatic rings. The van der Waals surface area contributed by atoms with Crippen molar-refractivity contribution >= 4 is 56.7 Å². The first-order chi connectivity index (χ1) is 12.8. The van der Waals surface area contributed by atoms with Gasteiger partial charge in [0.2, 0.25) is 0 Å². The van der Waals surface area contributed by atoms with Crippen LogP contribution < -0.4 is 10.1 Å². The van der Waals surface area contributed by atoms with E-state index in [1.165, 1.54) is 0 Å². The van der Waals surface area contributed by atoms with Gasteiger partial charge >= 0.3 is 5.97 Å². The van der Waals surface area contributed by atoms with Gasteiger partial charge in [0.05, 0.1) is 11.6 Å². The molecule has 2 aromatic rings. The maximum atomic E-state index is 11.9. The van der Waals surface area contributed by atoms with Crippen LogP contribution >= 0.6 is 39.1 Å². The average molecular weight is 475 g/mol. The van der Waals surface area contributed by atoms with Crippen LogP contribution in [0.1, 0.15) is 18.4 Å². The molecular weight excluding hydrogens is 457 g/mol. The third-order valence-corrected chi connectivity index (χ3v) is 4.53. The predicted octanol–water partition coefficient (Wildman–Crippen LogP) is 5.41. The number of halogens is 3. The van der Waals surface area contributed by atoms with Gasteiger partial charge in [-0.1, -0.05) is 39.1 Å².